The van der Waals surface area contributed by atoms with Gasteiger partial charge >= 0.3 is 0 Å². The average Bonchev–Trinajstić information content (AvgIpc) is 4.04. The first kappa shape index (κ1) is 36.8. The van der Waals surface area contributed by atoms with Gasteiger partial charge in [0.15, 0.2) is 0 Å². The fourth-order valence-electron chi connectivity index (χ4n) is 9.84. The Morgan fingerprint density at radius 2 is 1.20 bits per heavy atom. The Balaban J connectivity index is 1.01. The maximum atomic E-state index is 6.75. The molecular formula is C59H39N3OS. The molecule has 8 aromatic carbocycles. The number of thiophene rings is 1. The first-order valence-corrected chi connectivity index (χ1v) is 22.7. The number of allylic oxidation sites excluding steroid dienone is 4. The number of furan rings is 1. The zero-order chi connectivity index (χ0) is 42.4. The molecule has 5 heteroatoms. The third-order valence-electron chi connectivity index (χ3n) is 13.2. The van der Waals surface area contributed by atoms with E-state index in [2.05, 4.69) is 200 Å². The highest BCUT2D eigenvalue weighted by Crippen LogP contribution is 2.46. The Bertz CT molecular complexity index is 3820. The Kier molecular flexibility index (Phi) is 8.24. The molecule has 1 aliphatic carbocycles. The van der Waals surface area contributed by atoms with Crippen LogP contribution in [0.3, 0.4) is 0 Å². The van der Waals surface area contributed by atoms with Gasteiger partial charge in [-0.3, -0.25) is 0 Å². The second kappa shape index (κ2) is 14.3. The third-order valence-corrected chi connectivity index (χ3v) is 14.4. The van der Waals surface area contributed by atoms with Crippen LogP contribution in [0, 0.1) is 0 Å². The van der Waals surface area contributed by atoms with Crippen LogP contribution in [0.2, 0.25) is 0 Å². The van der Waals surface area contributed by atoms with Gasteiger partial charge in [0, 0.05) is 64.1 Å². The van der Waals surface area contributed by atoms with Crippen molar-refractivity contribution in [2.75, 3.05) is 0 Å². The van der Waals surface area contributed by atoms with Crippen LogP contribution in [-0.2, 0) is 5.41 Å². The first-order valence-electron chi connectivity index (χ1n) is 21.9. The number of hydrogen-bond donors (Lipinski definition) is 0. The van der Waals surface area contributed by atoms with E-state index < -0.39 is 5.41 Å². The van der Waals surface area contributed by atoms with Crippen LogP contribution in [-0.4, -0.2) is 14.5 Å². The lowest BCUT2D eigenvalue weighted by Gasteiger charge is -2.28. The summed E-state index contributed by atoms with van der Waals surface area (Å²) in [5, 5.41) is 7.06. The summed E-state index contributed by atoms with van der Waals surface area (Å²) in [6, 6.07) is 67.1. The Morgan fingerprint density at radius 1 is 0.547 bits per heavy atom. The number of para-hydroxylation sites is 1. The van der Waals surface area contributed by atoms with E-state index in [1.54, 1.807) is 0 Å². The normalized spacial score (nSPS) is 15.3. The first-order chi connectivity index (χ1) is 31.6. The van der Waals surface area contributed by atoms with Gasteiger partial charge in [0.2, 0.25) is 0 Å². The molecule has 0 radical (unpaired) electrons. The number of hydrogen-bond acceptors (Lipinski definition) is 4. The fraction of sp³-hybridized carbons (Fsp3) is 0.0508. The monoisotopic (exact) mass is 837 g/mol. The van der Waals surface area contributed by atoms with Gasteiger partial charge in [0.25, 0.3) is 0 Å². The van der Waals surface area contributed by atoms with Crippen LogP contribution in [0.1, 0.15) is 24.7 Å². The van der Waals surface area contributed by atoms with Crippen LogP contribution in [0.5, 0.6) is 0 Å². The standard InChI is InChI=1S/C59H39N3OS/c1-59(58-60-49(39-17-7-3-8-18-39)36-50(61-58)40-19-9-4-10-20-40)31-29-38(30-32-59)47-34-42(35-48-44-22-12-14-24-54(44)64-57(47)48)62-51-28-27-45-43-21-11-13-23-53(43)63-56(45)55(51)46-26-25-41(33-52(46)62)37-15-5-2-6-16-37/h2-31,33-36H,32H2,1H3. The molecule has 0 saturated carbocycles. The van der Waals surface area contributed by atoms with Crippen molar-refractivity contribution in [1.82, 2.24) is 14.5 Å². The molecule has 4 aromatic heterocycles. The molecule has 1 atom stereocenters. The number of rotatable bonds is 6. The number of nitrogens with zero attached hydrogens (tertiary/aromatic N) is 3. The van der Waals surface area contributed by atoms with Crippen molar-refractivity contribution < 1.29 is 4.42 Å². The van der Waals surface area contributed by atoms with E-state index in [0.717, 1.165) is 84.2 Å². The molecule has 4 heterocycles. The molecule has 1 unspecified atom stereocenters. The van der Waals surface area contributed by atoms with Crippen molar-refractivity contribution >= 4 is 80.8 Å². The van der Waals surface area contributed by atoms with E-state index in [1.807, 2.05) is 29.5 Å². The minimum atomic E-state index is -0.423. The van der Waals surface area contributed by atoms with Gasteiger partial charge in [0.1, 0.15) is 17.0 Å². The van der Waals surface area contributed by atoms with Crippen LogP contribution in [0.25, 0.3) is 109 Å². The summed E-state index contributed by atoms with van der Waals surface area (Å²) in [6.07, 6.45) is 7.80. The molecule has 302 valence electrons. The lowest BCUT2D eigenvalue weighted by molar-refractivity contribution is 0.559. The van der Waals surface area contributed by atoms with Gasteiger partial charge in [-0.15, -0.1) is 11.3 Å². The summed E-state index contributed by atoms with van der Waals surface area (Å²) < 4.78 is 11.8. The Labute approximate surface area is 373 Å². The van der Waals surface area contributed by atoms with Gasteiger partial charge in [-0.2, -0.15) is 0 Å². The highest BCUT2D eigenvalue weighted by atomic mass is 32.1. The van der Waals surface area contributed by atoms with Crippen molar-refractivity contribution in [2.24, 2.45) is 0 Å². The molecule has 0 fully saturated rings. The predicted octanol–water partition coefficient (Wildman–Crippen LogP) is 16.1. The van der Waals surface area contributed by atoms with Crippen molar-refractivity contribution in [3.63, 3.8) is 0 Å². The molecule has 1 aliphatic rings. The second-order valence-electron chi connectivity index (χ2n) is 17.1. The lowest BCUT2D eigenvalue weighted by Crippen LogP contribution is -2.24. The van der Waals surface area contributed by atoms with E-state index in [0.29, 0.717) is 0 Å². The van der Waals surface area contributed by atoms with Crippen LogP contribution < -0.4 is 0 Å². The highest BCUT2D eigenvalue weighted by Gasteiger charge is 2.31. The van der Waals surface area contributed by atoms with Gasteiger partial charge in [-0.25, -0.2) is 9.97 Å². The predicted molar refractivity (Wildman–Crippen MR) is 268 cm³/mol. The van der Waals surface area contributed by atoms with E-state index >= 15 is 0 Å². The summed E-state index contributed by atoms with van der Waals surface area (Å²) in [6.45, 7) is 2.27. The molecule has 0 amide bonds. The summed E-state index contributed by atoms with van der Waals surface area (Å²) in [4.78, 5) is 10.5. The molecule has 13 rings (SSSR count). The van der Waals surface area contributed by atoms with Crippen molar-refractivity contribution in [1.29, 1.82) is 0 Å². The molecule has 0 saturated heterocycles. The Hall–Kier alpha value is -7.86. The zero-order valence-electron chi connectivity index (χ0n) is 35.0. The molecular weight excluding hydrogens is 799 g/mol. The largest absolute Gasteiger partial charge is 0.455 e. The highest BCUT2D eigenvalue weighted by molar-refractivity contribution is 7.26. The topological polar surface area (TPSA) is 43.9 Å². The molecule has 12 aromatic rings. The molecule has 4 nitrogen and oxygen atoms in total. The maximum Gasteiger partial charge on any atom is 0.145 e. The van der Waals surface area contributed by atoms with Crippen LogP contribution >= 0.6 is 11.3 Å². The van der Waals surface area contributed by atoms with E-state index in [9.17, 15) is 0 Å². The number of aromatic nitrogens is 3. The summed E-state index contributed by atoms with van der Waals surface area (Å²) >= 11 is 1.87. The van der Waals surface area contributed by atoms with E-state index in [-0.39, 0.29) is 0 Å². The maximum absolute atomic E-state index is 6.75. The second-order valence-corrected chi connectivity index (χ2v) is 18.2. The smallest absolute Gasteiger partial charge is 0.145 e. The van der Waals surface area contributed by atoms with Crippen molar-refractivity contribution in [3.05, 3.63) is 218 Å². The average molecular weight is 838 g/mol. The third kappa shape index (κ3) is 5.82. The van der Waals surface area contributed by atoms with Crippen molar-refractivity contribution in [3.8, 4) is 39.3 Å². The zero-order valence-corrected chi connectivity index (χ0v) is 35.8. The molecule has 64 heavy (non-hydrogen) atoms. The lowest BCUT2D eigenvalue weighted by atomic mass is 9.79. The number of benzene rings is 8. The quantitative estimate of drug-likeness (QED) is 0.168. The van der Waals surface area contributed by atoms with Crippen LogP contribution in [0.4, 0.5) is 0 Å². The van der Waals surface area contributed by atoms with Gasteiger partial charge in [0.05, 0.1) is 27.8 Å². The molecule has 0 N–H and O–H groups in total. The summed E-state index contributed by atoms with van der Waals surface area (Å²) in [5.41, 5.74) is 13.5. The minimum absolute atomic E-state index is 0.423. The van der Waals surface area contributed by atoms with Gasteiger partial charge in [-0.05, 0) is 78.6 Å². The van der Waals surface area contributed by atoms with E-state index in [1.165, 1.54) is 42.4 Å². The van der Waals surface area contributed by atoms with Gasteiger partial charge < -0.3 is 8.98 Å². The van der Waals surface area contributed by atoms with Crippen LogP contribution in [0.15, 0.2) is 211 Å². The Morgan fingerprint density at radius 3 is 1.92 bits per heavy atom. The molecule has 0 aliphatic heterocycles. The summed E-state index contributed by atoms with van der Waals surface area (Å²) in [7, 11) is 0. The number of fused-ring (bicyclic) bond motifs is 10. The van der Waals surface area contributed by atoms with Gasteiger partial charge in [-0.1, -0.05) is 158 Å². The SMILES string of the molecule is CC1(c2nc(-c3ccccc3)cc(-c3ccccc3)n2)C=CC(c2cc(-n3c4cc(-c5ccccc5)ccc4c4c5oc6ccccc6c5ccc43)cc3c2sc2ccccc23)=CC1. The van der Waals surface area contributed by atoms with Crippen molar-refractivity contribution in [2.45, 2.75) is 18.8 Å². The van der Waals surface area contributed by atoms with E-state index in [4.69, 9.17) is 14.4 Å². The molecule has 0 bridgehead atoms. The fourth-order valence-corrected chi connectivity index (χ4v) is 11.1. The molecule has 0 spiro atoms. The summed E-state index contributed by atoms with van der Waals surface area (Å²) in [5.74, 6) is 0.816. The minimum Gasteiger partial charge on any atom is -0.455 e.